The van der Waals surface area contributed by atoms with Gasteiger partial charge in [-0.3, -0.25) is 0 Å². The summed E-state index contributed by atoms with van der Waals surface area (Å²) in [6.07, 6.45) is 5.23. The summed E-state index contributed by atoms with van der Waals surface area (Å²) < 4.78 is 11.5. The van der Waals surface area contributed by atoms with Gasteiger partial charge in [-0.05, 0) is 42.8 Å². The zero-order valence-corrected chi connectivity index (χ0v) is 14.7. The third-order valence-corrected chi connectivity index (χ3v) is 8.81. The summed E-state index contributed by atoms with van der Waals surface area (Å²) >= 11 is 5.16. The van der Waals surface area contributed by atoms with E-state index in [0.717, 1.165) is 13.1 Å². The van der Waals surface area contributed by atoms with Crippen molar-refractivity contribution in [2.24, 2.45) is 0 Å². The largest absolute Gasteiger partial charge is 0.467 e. The molecule has 1 rings (SSSR count). The van der Waals surface area contributed by atoms with Gasteiger partial charge < -0.3 is 14.1 Å². The van der Waals surface area contributed by atoms with Crippen molar-refractivity contribution in [1.82, 2.24) is 4.90 Å². The lowest BCUT2D eigenvalue weighted by atomic mass is 10.2. The summed E-state index contributed by atoms with van der Waals surface area (Å²) in [5.41, 5.74) is 0. The van der Waals surface area contributed by atoms with Crippen molar-refractivity contribution in [3.8, 4) is 0 Å². The topological polar surface area (TPSA) is 21.7 Å². The van der Waals surface area contributed by atoms with Crippen LogP contribution in [0.3, 0.4) is 0 Å². The number of hydrogen-bond acceptors (Lipinski definition) is 3. The maximum atomic E-state index is 6.03. The standard InChI is InChI=1S/C14H27NO2SSi/c1-14(2,3)19(4,5)17-12-7-6-11-16-13(18)15-9-8-10-15/h6-7H,8-12H2,1-5H3/b7-6+. The minimum Gasteiger partial charge on any atom is -0.467 e. The maximum absolute atomic E-state index is 6.03. The molecule has 0 spiro atoms. The molecule has 110 valence electrons. The predicted molar refractivity (Wildman–Crippen MR) is 87.0 cm³/mol. The molecular formula is C14H27NO2SSi. The molecule has 0 aliphatic carbocycles. The fraction of sp³-hybridized carbons (Fsp3) is 0.786. The van der Waals surface area contributed by atoms with Crippen molar-refractivity contribution < 1.29 is 9.16 Å². The second-order valence-electron chi connectivity index (χ2n) is 6.46. The first kappa shape index (κ1) is 16.7. The minimum atomic E-state index is -1.63. The molecule has 0 aromatic heterocycles. The normalized spacial score (nSPS) is 16.6. The summed E-state index contributed by atoms with van der Waals surface area (Å²) in [4.78, 5) is 2.08. The summed E-state index contributed by atoms with van der Waals surface area (Å²) in [5, 5.41) is 0.886. The lowest BCUT2D eigenvalue weighted by molar-refractivity contribution is 0.214. The molecule has 0 aromatic carbocycles. The molecule has 0 saturated carbocycles. The van der Waals surface area contributed by atoms with Gasteiger partial charge in [0, 0.05) is 13.1 Å². The zero-order valence-electron chi connectivity index (χ0n) is 12.9. The zero-order chi connectivity index (χ0) is 14.5. The molecule has 0 amide bonds. The van der Waals surface area contributed by atoms with E-state index in [0.29, 0.717) is 18.4 Å². The highest BCUT2D eigenvalue weighted by Crippen LogP contribution is 2.36. The van der Waals surface area contributed by atoms with Gasteiger partial charge in [-0.15, -0.1) is 0 Å². The number of hydrogen-bond donors (Lipinski definition) is 0. The van der Waals surface area contributed by atoms with E-state index >= 15 is 0 Å². The quantitative estimate of drug-likeness (QED) is 0.439. The minimum absolute atomic E-state index is 0.260. The lowest BCUT2D eigenvalue weighted by Gasteiger charge is -2.35. The van der Waals surface area contributed by atoms with Crippen LogP contribution >= 0.6 is 12.2 Å². The van der Waals surface area contributed by atoms with Gasteiger partial charge in [0.25, 0.3) is 5.17 Å². The molecule has 1 fully saturated rings. The molecule has 1 aliphatic rings. The van der Waals surface area contributed by atoms with E-state index in [9.17, 15) is 0 Å². The van der Waals surface area contributed by atoms with Crippen LogP contribution in [0.1, 0.15) is 27.2 Å². The Morgan fingerprint density at radius 1 is 1.21 bits per heavy atom. The molecule has 0 N–H and O–H groups in total. The maximum Gasteiger partial charge on any atom is 0.259 e. The van der Waals surface area contributed by atoms with Crippen LogP contribution < -0.4 is 0 Å². The van der Waals surface area contributed by atoms with Crippen molar-refractivity contribution in [1.29, 1.82) is 0 Å². The van der Waals surface area contributed by atoms with Crippen LogP contribution in [-0.2, 0) is 9.16 Å². The lowest BCUT2D eigenvalue weighted by Crippen LogP contribution is -2.42. The van der Waals surface area contributed by atoms with Gasteiger partial charge >= 0.3 is 0 Å². The van der Waals surface area contributed by atoms with E-state index < -0.39 is 8.32 Å². The van der Waals surface area contributed by atoms with E-state index in [4.69, 9.17) is 21.4 Å². The van der Waals surface area contributed by atoms with Gasteiger partial charge in [0.15, 0.2) is 8.32 Å². The summed E-state index contributed by atoms with van der Waals surface area (Å²) in [7, 11) is -1.63. The van der Waals surface area contributed by atoms with E-state index in [1.165, 1.54) is 6.42 Å². The van der Waals surface area contributed by atoms with Crippen LogP contribution in [0, 0.1) is 0 Å². The third-order valence-electron chi connectivity index (χ3n) is 3.93. The van der Waals surface area contributed by atoms with Gasteiger partial charge in [-0.2, -0.15) is 0 Å². The molecule has 0 aromatic rings. The molecule has 3 nitrogen and oxygen atoms in total. The molecule has 1 aliphatic heterocycles. The molecule has 5 heteroatoms. The van der Waals surface area contributed by atoms with Crippen molar-refractivity contribution >= 4 is 25.7 Å². The van der Waals surface area contributed by atoms with Crippen LogP contribution in [0.2, 0.25) is 18.1 Å². The fourth-order valence-electron chi connectivity index (χ4n) is 1.32. The van der Waals surface area contributed by atoms with Gasteiger partial charge in [-0.1, -0.05) is 26.8 Å². The summed E-state index contributed by atoms with van der Waals surface area (Å²) in [5.74, 6) is 0. The second-order valence-corrected chi connectivity index (χ2v) is 11.6. The second kappa shape index (κ2) is 6.86. The molecule has 0 radical (unpaired) electrons. The van der Waals surface area contributed by atoms with Crippen molar-refractivity contribution in [3.63, 3.8) is 0 Å². The smallest absolute Gasteiger partial charge is 0.259 e. The van der Waals surface area contributed by atoms with Crippen molar-refractivity contribution in [2.75, 3.05) is 26.3 Å². The number of thiocarbonyl (C=S) groups is 1. The average Bonchev–Trinajstić information content (AvgIpc) is 2.18. The van der Waals surface area contributed by atoms with Gasteiger partial charge in [-0.25, -0.2) is 0 Å². The molecule has 1 saturated heterocycles. The molecule has 0 atom stereocenters. The molecule has 19 heavy (non-hydrogen) atoms. The van der Waals surface area contributed by atoms with Crippen molar-refractivity contribution in [2.45, 2.75) is 45.3 Å². The Kier molecular flexibility index (Phi) is 6.01. The molecule has 0 unspecified atom stereocenters. The first-order valence-electron chi connectivity index (χ1n) is 6.95. The Hall–Kier alpha value is -0.393. The fourth-order valence-corrected chi connectivity index (χ4v) is 2.52. The van der Waals surface area contributed by atoms with Crippen molar-refractivity contribution in [3.05, 3.63) is 12.2 Å². The van der Waals surface area contributed by atoms with Crippen LogP contribution in [0.4, 0.5) is 0 Å². The summed E-state index contributed by atoms with van der Waals surface area (Å²) in [6.45, 7) is 14.5. The SMILES string of the molecule is CC(C)(C)[Si](C)(C)OC/C=C/COC(=S)N1CCC1. The number of rotatable bonds is 5. The Morgan fingerprint density at radius 3 is 2.26 bits per heavy atom. The van der Waals surface area contributed by atoms with E-state index in [1.54, 1.807) is 0 Å². The van der Waals surface area contributed by atoms with Gasteiger partial charge in [0.2, 0.25) is 0 Å². The van der Waals surface area contributed by atoms with Crippen LogP contribution in [0.15, 0.2) is 12.2 Å². The van der Waals surface area contributed by atoms with Crippen LogP contribution in [0.5, 0.6) is 0 Å². The molecular weight excluding hydrogens is 274 g/mol. The highest BCUT2D eigenvalue weighted by atomic mass is 32.1. The third kappa shape index (κ3) is 5.24. The van der Waals surface area contributed by atoms with Crippen LogP contribution in [-0.4, -0.2) is 44.7 Å². The van der Waals surface area contributed by atoms with Crippen LogP contribution in [0.25, 0.3) is 0 Å². The Morgan fingerprint density at radius 2 is 1.79 bits per heavy atom. The van der Waals surface area contributed by atoms with E-state index in [-0.39, 0.29) is 5.04 Å². The Labute approximate surface area is 124 Å². The highest BCUT2D eigenvalue weighted by molar-refractivity contribution is 7.80. The first-order chi connectivity index (χ1) is 8.74. The highest BCUT2D eigenvalue weighted by Gasteiger charge is 2.36. The number of ether oxygens (including phenoxy) is 1. The van der Waals surface area contributed by atoms with E-state index in [2.05, 4.69) is 38.8 Å². The monoisotopic (exact) mass is 301 g/mol. The number of likely N-dealkylation sites (tertiary alicyclic amines) is 1. The van der Waals surface area contributed by atoms with Gasteiger partial charge in [0.05, 0.1) is 6.61 Å². The first-order valence-corrected chi connectivity index (χ1v) is 10.3. The molecule has 0 bridgehead atoms. The Balaban J connectivity index is 2.15. The van der Waals surface area contributed by atoms with Gasteiger partial charge in [0.1, 0.15) is 6.61 Å². The Bertz CT molecular complexity index is 333. The average molecular weight is 302 g/mol. The summed E-state index contributed by atoms with van der Waals surface area (Å²) in [6, 6.07) is 0. The number of nitrogens with zero attached hydrogens (tertiary/aromatic N) is 1. The predicted octanol–water partition coefficient (Wildman–Crippen LogP) is 3.57. The molecule has 1 heterocycles. The van der Waals surface area contributed by atoms with E-state index in [1.807, 2.05) is 12.2 Å².